The molecule has 2 N–H and O–H groups in total. The number of nitrogens with one attached hydrogen (secondary N) is 1. The van der Waals surface area contributed by atoms with Gasteiger partial charge in [-0.25, -0.2) is 4.79 Å². The van der Waals surface area contributed by atoms with Crippen LogP contribution in [0.15, 0.2) is 0 Å². The maximum absolute atomic E-state index is 12.5. The van der Waals surface area contributed by atoms with E-state index in [1.165, 1.54) is 6.42 Å². The van der Waals surface area contributed by atoms with Gasteiger partial charge >= 0.3 is 12.0 Å². The Labute approximate surface area is 134 Å². The molecule has 1 aliphatic heterocycles. The molecule has 1 aliphatic carbocycles. The normalized spacial score (nSPS) is 30.0. The van der Waals surface area contributed by atoms with Gasteiger partial charge in [-0.05, 0) is 19.1 Å². The van der Waals surface area contributed by atoms with Crippen molar-refractivity contribution in [2.75, 3.05) is 24.3 Å². The molecule has 2 amide bonds. The highest BCUT2D eigenvalue weighted by atomic mass is 32.2. The summed E-state index contributed by atoms with van der Waals surface area (Å²) >= 11 is 3.55. The van der Waals surface area contributed by atoms with Gasteiger partial charge in [-0.15, -0.1) is 0 Å². The van der Waals surface area contributed by atoms with E-state index in [2.05, 4.69) is 11.6 Å². The summed E-state index contributed by atoms with van der Waals surface area (Å²) in [6.07, 6.45) is 6.72. The zero-order valence-electron chi connectivity index (χ0n) is 12.4. The lowest BCUT2D eigenvalue weighted by Gasteiger charge is -2.38. The number of thioether (sulfide) groups is 2. The molecular weight excluding hydrogens is 308 g/mol. The van der Waals surface area contributed by atoms with Crippen LogP contribution in [0.1, 0.15) is 32.1 Å². The molecule has 2 fully saturated rings. The average molecular weight is 332 g/mol. The van der Waals surface area contributed by atoms with Crippen LogP contribution in [0.3, 0.4) is 0 Å². The number of rotatable bonds is 4. The summed E-state index contributed by atoms with van der Waals surface area (Å²) in [5.41, 5.74) is 0. The zero-order valence-corrected chi connectivity index (χ0v) is 14.0. The van der Waals surface area contributed by atoms with Crippen LogP contribution in [0.25, 0.3) is 0 Å². The highest BCUT2D eigenvalue weighted by Crippen LogP contribution is 2.28. The molecule has 1 heterocycles. The number of hydrogen-bond donors (Lipinski definition) is 2. The van der Waals surface area contributed by atoms with Crippen LogP contribution >= 0.6 is 23.5 Å². The molecule has 21 heavy (non-hydrogen) atoms. The molecule has 3 unspecified atom stereocenters. The SMILES string of the molecule is CSC1CCCCC1NC(=O)N1CCSCC1CC(=O)O. The van der Waals surface area contributed by atoms with Crippen molar-refractivity contribution in [1.29, 1.82) is 0 Å². The summed E-state index contributed by atoms with van der Waals surface area (Å²) in [7, 11) is 0. The largest absolute Gasteiger partial charge is 0.481 e. The second kappa shape index (κ2) is 8.17. The maximum atomic E-state index is 12.5. The van der Waals surface area contributed by atoms with Crippen molar-refractivity contribution >= 4 is 35.5 Å². The van der Waals surface area contributed by atoms with Crippen LogP contribution in [0.5, 0.6) is 0 Å². The van der Waals surface area contributed by atoms with E-state index in [-0.39, 0.29) is 24.5 Å². The second-order valence-electron chi connectivity index (χ2n) is 5.63. The Morgan fingerprint density at radius 2 is 2.14 bits per heavy atom. The number of nitrogens with zero attached hydrogens (tertiary/aromatic N) is 1. The summed E-state index contributed by atoms with van der Waals surface area (Å²) < 4.78 is 0. The van der Waals surface area contributed by atoms with Gasteiger partial charge in [0.1, 0.15) is 0 Å². The molecule has 7 heteroatoms. The van der Waals surface area contributed by atoms with Gasteiger partial charge in [0.25, 0.3) is 0 Å². The van der Waals surface area contributed by atoms with Crippen LogP contribution in [-0.4, -0.2) is 63.6 Å². The molecule has 0 aromatic heterocycles. The lowest BCUT2D eigenvalue weighted by atomic mass is 9.95. The number of hydrogen-bond acceptors (Lipinski definition) is 4. The Morgan fingerprint density at radius 1 is 1.38 bits per heavy atom. The van der Waals surface area contributed by atoms with E-state index in [1.807, 2.05) is 11.8 Å². The van der Waals surface area contributed by atoms with E-state index in [0.29, 0.717) is 11.8 Å². The number of carboxylic acid groups (broad SMARTS) is 1. The Morgan fingerprint density at radius 3 is 2.86 bits per heavy atom. The molecule has 2 aliphatic rings. The molecule has 0 spiro atoms. The Kier molecular flexibility index (Phi) is 6.54. The van der Waals surface area contributed by atoms with Gasteiger partial charge in [-0.2, -0.15) is 23.5 Å². The molecule has 3 atom stereocenters. The topological polar surface area (TPSA) is 69.6 Å². The van der Waals surface area contributed by atoms with Gasteiger partial charge in [-0.3, -0.25) is 4.79 Å². The number of urea groups is 1. The molecule has 2 rings (SSSR count). The molecule has 1 saturated heterocycles. The van der Waals surface area contributed by atoms with E-state index in [4.69, 9.17) is 5.11 Å². The van der Waals surface area contributed by atoms with Crippen LogP contribution < -0.4 is 5.32 Å². The first kappa shape index (κ1) is 16.8. The number of carbonyl (C=O) groups excluding carboxylic acids is 1. The number of aliphatic carboxylic acids is 1. The Hall–Kier alpha value is -0.560. The molecule has 0 aromatic carbocycles. The van der Waals surface area contributed by atoms with E-state index in [9.17, 15) is 9.59 Å². The van der Waals surface area contributed by atoms with Crippen molar-refractivity contribution in [3.8, 4) is 0 Å². The number of amides is 2. The fourth-order valence-corrected chi connectivity index (χ4v) is 5.08. The predicted molar refractivity (Wildman–Crippen MR) is 88.2 cm³/mol. The van der Waals surface area contributed by atoms with Crippen LogP contribution in [0.4, 0.5) is 4.79 Å². The monoisotopic (exact) mass is 332 g/mol. The Bertz CT molecular complexity index is 381. The van der Waals surface area contributed by atoms with Crippen LogP contribution in [-0.2, 0) is 4.79 Å². The third-order valence-electron chi connectivity index (χ3n) is 4.21. The van der Waals surface area contributed by atoms with Crippen molar-refractivity contribution in [3.05, 3.63) is 0 Å². The van der Waals surface area contributed by atoms with Gasteiger partial charge < -0.3 is 15.3 Å². The number of carbonyl (C=O) groups is 2. The zero-order chi connectivity index (χ0) is 15.2. The highest BCUT2D eigenvalue weighted by Gasteiger charge is 2.32. The first-order valence-corrected chi connectivity index (χ1v) is 9.95. The first-order valence-electron chi connectivity index (χ1n) is 7.51. The van der Waals surface area contributed by atoms with E-state index in [1.54, 1.807) is 16.7 Å². The van der Waals surface area contributed by atoms with E-state index >= 15 is 0 Å². The minimum atomic E-state index is -0.833. The summed E-state index contributed by atoms with van der Waals surface area (Å²) in [5.74, 6) is 0.774. The van der Waals surface area contributed by atoms with Crippen molar-refractivity contribution in [2.45, 2.75) is 49.4 Å². The molecule has 0 bridgehead atoms. The first-order chi connectivity index (χ1) is 10.1. The summed E-state index contributed by atoms with van der Waals surface area (Å²) in [6, 6.07) is -0.0358. The second-order valence-corrected chi connectivity index (χ2v) is 7.86. The lowest BCUT2D eigenvalue weighted by Crippen LogP contribution is -2.55. The van der Waals surface area contributed by atoms with Crippen LogP contribution in [0.2, 0.25) is 0 Å². The Balaban J connectivity index is 1.94. The quantitative estimate of drug-likeness (QED) is 0.826. The summed E-state index contributed by atoms with van der Waals surface area (Å²) in [5, 5.41) is 12.6. The van der Waals surface area contributed by atoms with E-state index in [0.717, 1.165) is 30.8 Å². The minimum Gasteiger partial charge on any atom is -0.481 e. The minimum absolute atomic E-state index is 0.0387. The smallest absolute Gasteiger partial charge is 0.317 e. The summed E-state index contributed by atoms with van der Waals surface area (Å²) in [6.45, 7) is 0.644. The third kappa shape index (κ3) is 4.71. The maximum Gasteiger partial charge on any atom is 0.317 e. The fourth-order valence-electron chi connectivity index (χ4n) is 3.08. The molecular formula is C14H24N2O3S2. The lowest BCUT2D eigenvalue weighted by molar-refractivity contribution is -0.138. The molecule has 0 radical (unpaired) electrons. The average Bonchev–Trinajstić information content (AvgIpc) is 2.47. The van der Waals surface area contributed by atoms with Gasteiger partial charge in [0.05, 0.1) is 12.5 Å². The fraction of sp³-hybridized carbons (Fsp3) is 0.857. The summed E-state index contributed by atoms with van der Waals surface area (Å²) in [4.78, 5) is 25.2. The molecule has 0 aromatic rings. The molecule has 5 nitrogen and oxygen atoms in total. The molecule has 120 valence electrons. The van der Waals surface area contributed by atoms with Crippen LogP contribution in [0, 0.1) is 0 Å². The molecule has 1 saturated carbocycles. The van der Waals surface area contributed by atoms with Crippen molar-refractivity contribution in [1.82, 2.24) is 10.2 Å². The van der Waals surface area contributed by atoms with Gasteiger partial charge in [0, 0.05) is 29.3 Å². The standard InChI is InChI=1S/C14H24N2O3S2/c1-20-12-5-3-2-4-11(12)15-14(19)16-6-7-21-9-10(16)8-13(17)18/h10-12H,2-9H2,1H3,(H,15,19)(H,17,18). The highest BCUT2D eigenvalue weighted by molar-refractivity contribution is 7.99. The van der Waals surface area contributed by atoms with Gasteiger partial charge in [0.2, 0.25) is 0 Å². The van der Waals surface area contributed by atoms with Crippen molar-refractivity contribution in [3.63, 3.8) is 0 Å². The number of carboxylic acids is 1. The van der Waals surface area contributed by atoms with Gasteiger partial charge in [-0.1, -0.05) is 12.8 Å². The third-order valence-corrected chi connectivity index (χ3v) is 6.47. The van der Waals surface area contributed by atoms with E-state index < -0.39 is 5.97 Å². The predicted octanol–water partition coefficient (Wildman–Crippen LogP) is 2.26. The van der Waals surface area contributed by atoms with Gasteiger partial charge in [0.15, 0.2) is 0 Å². The van der Waals surface area contributed by atoms with Crippen molar-refractivity contribution < 1.29 is 14.7 Å². The van der Waals surface area contributed by atoms with Crippen molar-refractivity contribution in [2.24, 2.45) is 0 Å².